The molecule has 0 bridgehead atoms. The summed E-state index contributed by atoms with van der Waals surface area (Å²) in [4.78, 5) is 32.0. The summed E-state index contributed by atoms with van der Waals surface area (Å²) in [6.07, 6.45) is 5.36. The van der Waals surface area contributed by atoms with E-state index in [4.69, 9.17) is 38.0 Å². The zero-order chi connectivity index (χ0) is 28.2. The van der Waals surface area contributed by atoms with E-state index in [0.717, 1.165) is 74.6 Å². The Labute approximate surface area is 244 Å². The molecule has 0 spiro atoms. The number of carboxylic acids is 1. The first-order valence-corrected chi connectivity index (χ1v) is 14.3. The normalized spacial score (nSPS) is 17.2. The molecule has 2 aliphatic heterocycles. The molecule has 0 atom stereocenters. The van der Waals surface area contributed by atoms with E-state index in [-0.39, 0.29) is 12.3 Å². The van der Waals surface area contributed by atoms with E-state index >= 15 is 0 Å². The van der Waals surface area contributed by atoms with E-state index in [9.17, 15) is 4.79 Å². The number of carboxylic acid groups (broad SMARTS) is 1. The fourth-order valence-corrected chi connectivity index (χ4v) is 5.77. The van der Waals surface area contributed by atoms with Crippen molar-refractivity contribution in [3.63, 3.8) is 0 Å². The van der Waals surface area contributed by atoms with Crippen LogP contribution in [0.25, 0.3) is 11.3 Å². The Balaban J connectivity index is 1.39. The van der Waals surface area contributed by atoms with Gasteiger partial charge in [0, 0.05) is 60.3 Å². The van der Waals surface area contributed by atoms with E-state index in [1.807, 2.05) is 19.1 Å². The summed E-state index contributed by atoms with van der Waals surface area (Å²) in [5.74, 6) is 1.15. The maximum Gasteiger partial charge on any atom is 0.303 e. The lowest BCUT2D eigenvalue weighted by Crippen LogP contribution is -2.44. The van der Waals surface area contributed by atoms with Crippen LogP contribution in [0.3, 0.4) is 0 Å². The molecule has 0 radical (unpaired) electrons. The minimum Gasteiger partial charge on any atom is -0.481 e. The van der Waals surface area contributed by atoms with Gasteiger partial charge >= 0.3 is 5.97 Å². The number of halogens is 2. The summed E-state index contributed by atoms with van der Waals surface area (Å²) >= 11 is 12.6. The Morgan fingerprint density at radius 2 is 1.70 bits per heavy atom. The Hall–Kier alpha value is -2.98. The number of benzene rings is 1. The molecule has 3 aromatic rings. The molecule has 40 heavy (non-hydrogen) atoms. The molecule has 1 aromatic carbocycles. The highest BCUT2D eigenvalue weighted by molar-refractivity contribution is 6.35. The van der Waals surface area contributed by atoms with Gasteiger partial charge < -0.3 is 19.6 Å². The van der Waals surface area contributed by atoms with E-state index in [2.05, 4.69) is 37.8 Å². The summed E-state index contributed by atoms with van der Waals surface area (Å²) in [7, 11) is 2.12. The number of hydrogen-bond acceptors (Lipinski definition) is 8. The summed E-state index contributed by atoms with van der Waals surface area (Å²) in [5.41, 5.74) is 3.47. The van der Waals surface area contributed by atoms with Crippen molar-refractivity contribution in [1.82, 2.24) is 24.8 Å². The Bertz CT molecular complexity index is 1320. The number of likely N-dealkylation sites (N-methyl/N-ethyl adjacent to an activating group) is 1. The maximum absolute atomic E-state index is 11.1. The van der Waals surface area contributed by atoms with Gasteiger partial charge in [0.15, 0.2) is 0 Å². The van der Waals surface area contributed by atoms with Crippen LogP contribution in [0.5, 0.6) is 11.8 Å². The molecule has 2 saturated heterocycles. The Morgan fingerprint density at radius 3 is 2.33 bits per heavy atom. The number of ether oxygens (including phenoxy) is 1. The van der Waals surface area contributed by atoms with Crippen molar-refractivity contribution < 1.29 is 14.6 Å². The zero-order valence-corrected chi connectivity index (χ0v) is 24.3. The van der Waals surface area contributed by atoms with E-state index in [1.165, 1.54) is 0 Å². The molecule has 0 unspecified atom stereocenters. The monoisotopic (exact) mass is 584 g/mol. The maximum atomic E-state index is 11.1. The molecule has 0 aliphatic carbocycles. The van der Waals surface area contributed by atoms with E-state index in [0.29, 0.717) is 34.0 Å². The van der Waals surface area contributed by atoms with Crippen LogP contribution in [0.1, 0.15) is 30.4 Å². The molecule has 4 heterocycles. The second-order valence-corrected chi connectivity index (χ2v) is 11.6. The lowest BCUT2D eigenvalue weighted by Gasteiger charge is -2.32. The standard InChI is InChI=1S/C29H34Cl2N6O3/c1-19-22(18-36-5-3-20(4-6-36)11-28(38)39)14-25(21-12-23(30)15-24(31)13-21)34-29(19)40-27-17-32-26(16-33-27)37-9-7-35(2)8-10-37/h12-17,20H,3-11,18H2,1-2H3,(H,38,39). The SMILES string of the molecule is Cc1c(CN2CCC(CC(=O)O)CC2)cc(-c2cc(Cl)cc(Cl)c2)nc1Oc1cnc(N2CCN(C)CC2)cn1. The van der Waals surface area contributed by atoms with Crippen LogP contribution >= 0.6 is 23.2 Å². The fourth-order valence-electron chi connectivity index (χ4n) is 5.25. The lowest BCUT2D eigenvalue weighted by molar-refractivity contribution is -0.138. The van der Waals surface area contributed by atoms with Crippen LogP contribution in [0.2, 0.25) is 10.0 Å². The summed E-state index contributed by atoms with van der Waals surface area (Å²) in [6.45, 7) is 8.17. The predicted octanol–water partition coefficient (Wildman–Crippen LogP) is 5.38. The highest BCUT2D eigenvalue weighted by Gasteiger charge is 2.23. The quantitative estimate of drug-likeness (QED) is 0.374. The number of rotatable bonds is 8. The average molecular weight is 586 g/mol. The van der Waals surface area contributed by atoms with Crippen molar-refractivity contribution in [2.45, 2.75) is 32.7 Å². The van der Waals surface area contributed by atoms with Gasteiger partial charge in [-0.1, -0.05) is 23.2 Å². The van der Waals surface area contributed by atoms with Crippen molar-refractivity contribution in [2.75, 3.05) is 51.2 Å². The topological polar surface area (TPSA) is 94.9 Å². The minimum absolute atomic E-state index is 0.225. The number of aromatic nitrogens is 3. The molecule has 11 heteroatoms. The molecule has 212 valence electrons. The van der Waals surface area contributed by atoms with Gasteiger partial charge in [-0.3, -0.25) is 9.69 Å². The third-order valence-electron chi connectivity index (χ3n) is 7.70. The average Bonchev–Trinajstić information content (AvgIpc) is 2.92. The first kappa shape index (κ1) is 28.5. The number of anilines is 1. The van der Waals surface area contributed by atoms with Crippen molar-refractivity contribution in [3.05, 3.63) is 57.8 Å². The second kappa shape index (κ2) is 12.7. The molecule has 2 aliphatic rings. The summed E-state index contributed by atoms with van der Waals surface area (Å²) < 4.78 is 6.22. The Kier molecular flexibility index (Phi) is 9.05. The van der Waals surface area contributed by atoms with Crippen molar-refractivity contribution >= 4 is 35.0 Å². The summed E-state index contributed by atoms with van der Waals surface area (Å²) in [6, 6.07) is 7.41. The number of aliphatic carboxylic acids is 1. The summed E-state index contributed by atoms with van der Waals surface area (Å²) in [5, 5.41) is 10.2. The smallest absolute Gasteiger partial charge is 0.303 e. The number of hydrogen-bond donors (Lipinski definition) is 1. The number of likely N-dealkylation sites (tertiary alicyclic amines) is 1. The van der Waals surface area contributed by atoms with Crippen LogP contribution in [0, 0.1) is 12.8 Å². The lowest BCUT2D eigenvalue weighted by atomic mass is 9.93. The van der Waals surface area contributed by atoms with Crippen LogP contribution in [-0.2, 0) is 11.3 Å². The van der Waals surface area contributed by atoms with Crippen LogP contribution in [0.4, 0.5) is 5.82 Å². The molecular weight excluding hydrogens is 551 g/mol. The van der Waals surface area contributed by atoms with Gasteiger partial charge in [0.05, 0.1) is 18.1 Å². The minimum atomic E-state index is -0.727. The van der Waals surface area contributed by atoms with Gasteiger partial charge in [-0.25, -0.2) is 15.0 Å². The van der Waals surface area contributed by atoms with Crippen molar-refractivity contribution in [1.29, 1.82) is 0 Å². The number of piperidine rings is 1. The third kappa shape index (κ3) is 7.20. The van der Waals surface area contributed by atoms with Crippen LogP contribution < -0.4 is 9.64 Å². The molecular formula is C29H34Cl2N6O3. The van der Waals surface area contributed by atoms with Crippen molar-refractivity contribution in [3.8, 4) is 23.0 Å². The van der Waals surface area contributed by atoms with Gasteiger partial charge in [-0.2, -0.15) is 0 Å². The van der Waals surface area contributed by atoms with Gasteiger partial charge in [-0.15, -0.1) is 0 Å². The highest BCUT2D eigenvalue weighted by atomic mass is 35.5. The van der Waals surface area contributed by atoms with Gasteiger partial charge in [0.2, 0.25) is 11.8 Å². The predicted molar refractivity (Wildman–Crippen MR) is 156 cm³/mol. The number of piperazine rings is 1. The van der Waals surface area contributed by atoms with Crippen molar-refractivity contribution in [2.24, 2.45) is 5.92 Å². The van der Waals surface area contributed by atoms with E-state index < -0.39 is 5.97 Å². The number of nitrogens with zero attached hydrogens (tertiary/aromatic N) is 6. The molecule has 1 N–H and O–H groups in total. The van der Waals surface area contributed by atoms with Crippen LogP contribution in [-0.4, -0.2) is 82.1 Å². The first-order valence-electron chi connectivity index (χ1n) is 13.6. The molecule has 9 nitrogen and oxygen atoms in total. The second-order valence-electron chi connectivity index (χ2n) is 10.7. The largest absolute Gasteiger partial charge is 0.481 e. The van der Waals surface area contributed by atoms with Gasteiger partial charge in [0.25, 0.3) is 0 Å². The van der Waals surface area contributed by atoms with Gasteiger partial charge in [0.1, 0.15) is 5.82 Å². The molecule has 0 saturated carbocycles. The molecule has 2 fully saturated rings. The molecule has 5 rings (SSSR count). The number of carbonyl (C=O) groups is 1. The van der Waals surface area contributed by atoms with Crippen LogP contribution in [0.15, 0.2) is 36.7 Å². The Morgan fingerprint density at radius 1 is 1.00 bits per heavy atom. The third-order valence-corrected chi connectivity index (χ3v) is 8.14. The van der Waals surface area contributed by atoms with E-state index in [1.54, 1.807) is 18.5 Å². The number of pyridine rings is 1. The molecule has 0 amide bonds. The fraction of sp³-hybridized carbons (Fsp3) is 0.448. The van der Waals surface area contributed by atoms with Gasteiger partial charge in [-0.05, 0) is 75.6 Å². The zero-order valence-electron chi connectivity index (χ0n) is 22.8. The molecule has 2 aromatic heterocycles. The highest BCUT2D eigenvalue weighted by Crippen LogP contribution is 2.33. The first-order chi connectivity index (χ1) is 19.2.